The van der Waals surface area contributed by atoms with Gasteiger partial charge in [-0.25, -0.2) is 4.98 Å². The van der Waals surface area contributed by atoms with Crippen LogP contribution >= 0.6 is 11.3 Å². The largest absolute Gasteiger partial charge is 0.497 e. The lowest BCUT2D eigenvalue weighted by Gasteiger charge is -2.06. The van der Waals surface area contributed by atoms with Gasteiger partial charge in [-0.2, -0.15) is 4.98 Å². The second kappa shape index (κ2) is 7.19. The number of pyridine rings is 1. The highest BCUT2D eigenvalue weighted by Crippen LogP contribution is 2.18. The molecular formula is C17H17N3O2S. The SMILES string of the molecule is COc1ccc(CCCNc2nc(=O)c3cccnc3s2)cc1. The number of anilines is 1. The van der Waals surface area contributed by atoms with E-state index in [2.05, 4.69) is 27.4 Å². The number of hydrogen-bond acceptors (Lipinski definition) is 6. The molecule has 0 saturated carbocycles. The van der Waals surface area contributed by atoms with Crippen molar-refractivity contribution in [2.75, 3.05) is 19.0 Å². The predicted octanol–water partition coefficient (Wildman–Crippen LogP) is 3.10. The molecule has 118 valence electrons. The van der Waals surface area contributed by atoms with Gasteiger partial charge in [0.05, 0.1) is 12.5 Å². The van der Waals surface area contributed by atoms with Gasteiger partial charge in [0.25, 0.3) is 5.56 Å². The molecule has 0 aliphatic heterocycles. The van der Waals surface area contributed by atoms with Crippen LogP contribution in [0.5, 0.6) is 5.75 Å². The lowest BCUT2D eigenvalue weighted by Crippen LogP contribution is -2.11. The lowest BCUT2D eigenvalue weighted by atomic mass is 10.1. The van der Waals surface area contributed by atoms with Crippen molar-refractivity contribution in [3.05, 3.63) is 58.5 Å². The van der Waals surface area contributed by atoms with Crippen molar-refractivity contribution in [1.82, 2.24) is 9.97 Å². The number of benzene rings is 1. The van der Waals surface area contributed by atoms with Gasteiger partial charge in [0.2, 0.25) is 0 Å². The Morgan fingerprint density at radius 1 is 1.22 bits per heavy atom. The number of rotatable bonds is 6. The Balaban J connectivity index is 1.57. The average molecular weight is 327 g/mol. The highest BCUT2D eigenvalue weighted by atomic mass is 32.1. The highest BCUT2D eigenvalue weighted by Gasteiger charge is 2.04. The van der Waals surface area contributed by atoms with Crippen molar-refractivity contribution in [1.29, 1.82) is 0 Å². The molecule has 2 heterocycles. The van der Waals surface area contributed by atoms with Crippen molar-refractivity contribution in [2.24, 2.45) is 0 Å². The molecule has 0 fully saturated rings. The van der Waals surface area contributed by atoms with Crippen LogP contribution in [-0.4, -0.2) is 23.6 Å². The van der Waals surface area contributed by atoms with Gasteiger partial charge in [0.1, 0.15) is 10.6 Å². The third-order valence-corrected chi connectivity index (χ3v) is 4.42. The van der Waals surface area contributed by atoms with E-state index in [1.54, 1.807) is 25.4 Å². The zero-order valence-electron chi connectivity index (χ0n) is 12.8. The van der Waals surface area contributed by atoms with Gasteiger partial charge in [-0.15, -0.1) is 0 Å². The molecule has 1 aromatic carbocycles. The molecule has 5 nitrogen and oxygen atoms in total. The number of nitrogens with one attached hydrogen (secondary N) is 1. The fourth-order valence-electron chi connectivity index (χ4n) is 2.26. The first-order valence-electron chi connectivity index (χ1n) is 7.39. The van der Waals surface area contributed by atoms with Gasteiger partial charge in [-0.05, 0) is 42.7 Å². The van der Waals surface area contributed by atoms with E-state index in [1.807, 2.05) is 12.1 Å². The monoisotopic (exact) mass is 327 g/mol. The van der Waals surface area contributed by atoms with Crippen LogP contribution in [0.1, 0.15) is 12.0 Å². The molecular weight excluding hydrogens is 310 g/mol. The maximum Gasteiger partial charge on any atom is 0.282 e. The molecule has 1 N–H and O–H groups in total. The highest BCUT2D eigenvalue weighted by molar-refractivity contribution is 7.21. The van der Waals surface area contributed by atoms with E-state index >= 15 is 0 Å². The summed E-state index contributed by atoms with van der Waals surface area (Å²) in [6.45, 7) is 0.757. The first-order valence-corrected chi connectivity index (χ1v) is 8.20. The summed E-state index contributed by atoms with van der Waals surface area (Å²) in [4.78, 5) is 20.9. The van der Waals surface area contributed by atoms with E-state index in [9.17, 15) is 4.79 Å². The molecule has 0 amide bonds. The molecule has 6 heteroatoms. The van der Waals surface area contributed by atoms with E-state index in [1.165, 1.54) is 16.9 Å². The number of fused-ring (bicyclic) bond motifs is 1. The first kappa shape index (κ1) is 15.4. The van der Waals surface area contributed by atoms with E-state index in [-0.39, 0.29) is 5.56 Å². The zero-order chi connectivity index (χ0) is 16.1. The topological polar surface area (TPSA) is 64.1 Å². The number of ether oxygens (including phenoxy) is 1. The minimum Gasteiger partial charge on any atom is -0.497 e. The van der Waals surface area contributed by atoms with Gasteiger partial charge in [-0.1, -0.05) is 23.5 Å². The summed E-state index contributed by atoms with van der Waals surface area (Å²) in [7, 11) is 1.66. The molecule has 0 aliphatic carbocycles. The maximum absolute atomic E-state index is 11.9. The summed E-state index contributed by atoms with van der Waals surface area (Å²) in [5, 5.41) is 4.41. The van der Waals surface area contributed by atoms with Crippen LogP contribution in [0, 0.1) is 0 Å². The molecule has 0 saturated heterocycles. The summed E-state index contributed by atoms with van der Waals surface area (Å²) in [6.07, 6.45) is 3.60. The second-order valence-corrected chi connectivity index (χ2v) is 6.04. The normalized spacial score (nSPS) is 10.7. The van der Waals surface area contributed by atoms with E-state index in [4.69, 9.17) is 4.74 Å². The molecule has 0 radical (unpaired) electrons. The average Bonchev–Trinajstić information content (AvgIpc) is 2.59. The summed E-state index contributed by atoms with van der Waals surface area (Å²) in [6, 6.07) is 11.6. The maximum atomic E-state index is 11.9. The Kier molecular flexibility index (Phi) is 4.83. The van der Waals surface area contributed by atoms with Gasteiger partial charge in [-0.3, -0.25) is 4.79 Å². The van der Waals surface area contributed by atoms with Crippen molar-refractivity contribution in [2.45, 2.75) is 12.8 Å². The molecule has 0 atom stereocenters. The van der Waals surface area contributed by atoms with Crippen molar-refractivity contribution < 1.29 is 4.74 Å². The minimum absolute atomic E-state index is 0.232. The lowest BCUT2D eigenvalue weighted by molar-refractivity contribution is 0.414. The van der Waals surface area contributed by atoms with Crippen molar-refractivity contribution in [3.63, 3.8) is 0 Å². The van der Waals surface area contributed by atoms with Crippen molar-refractivity contribution in [3.8, 4) is 5.75 Å². The quantitative estimate of drug-likeness (QED) is 0.705. The van der Waals surface area contributed by atoms with Gasteiger partial charge in [0, 0.05) is 12.7 Å². The number of aryl methyl sites for hydroxylation is 1. The summed E-state index contributed by atoms with van der Waals surface area (Å²) >= 11 is 1.40. The van der Waals surface area contributed by atoms with Crippen LogP contribution in [0.3, 0.4) is 0 Å². The van der Waals surface area contributed by atoms with Gasteiger partial charge < -0.3 is 10.1 Å². The van der Waals surface area contributed by atoms with E-state index < -0.39 is 0 Å². The van der Waals surface area contributed by atoms with Crippen LogP contribution in [0.4, 0.5) is 5.13 Å². The number of hydrogen-bond donors (Lipinski definition) is 1. The number of nitrogens with zero attached hydrogens (tertiary/aromatic N) is 2. The van der Waals surface area contributed by atoms with E-state index in [0.717, 1.165) is 25.1 Å². The fraction of sp³-hybridized carbons (Fsp3) is 0.235. The molecule has 23 heavy (non-hydrogen) atoms. The fourth-order valence-corrected chi connectivity index (χ4v) is 3.12. The standard InChI is InChI=1S/C17H17N3O2S/c1-22-13-8-6-12(7-9-13)4-2-11-19-17-20-15(21)14-5-3-10-18-16(14)23-17/h3,5-10H,2,4,11H2,1H3,(H,19,20,21). The second-order valence-electron chi connectivity index (χ2n) is 5.06. The summed E-state index contributed by atoms with van der Waals surface area (Å²) < 4.78 is 5.14. The van der Waals surface area contributed by atoms with E-state index in [0.29, 0.717) is 15.3 Å². The smallest absolute Gasteiger partial charge is 0.282 e. The minimum atomic E-state index is -0.232. The predicted molar refractivity (Wildman–Crippen MR) is 93.5 cm³/mol. The third-order valence-electron chi connectivity index (χ3n) is 3.48. The Morgan fingerprint density at radius 3 is 2.83 bits per heavy atom. The first-order chi connectivity index (χ1) is 11.3. The van der Waals surface area contributed by atoms with Crippen LogP contribution < -0.4 is 15.6 Å². The summed E-state index contributed by atoms with van der Waals surface area (Å²) in [5.41, 5.74) is 1.03. The van der Waals surface area contributed by atoms with Gasteiger partial charge >= 0.3 is 0 Å². The molecule has 0 unspecified atom stereocenters. The molecule has 3 rings (SSSR count). The Hall–Kier alpha value is -2.47. The van der Waals surface area contributed by atoms with Crippen LogP contribution in [0.25, 0.3) is 10.2 Å². The van der Waals surface area contributed by atoms with Gasteiger partial charge in [0.15, 0.2) is 5.13 Å². The molecule has 0 bridgehead atoms. The molecule has 2 aromatic heterocycles. The third kappa shape index (κ3) is 3.84. The molecule has 0 spiro atoms. The van der Waals surface area contributed by atoms with Crippen LogP contribution in [-0.2, 0) is 6.42 Å². The Morgan fingerprint density at radius 2 is 2.04 bits per heavy atom. The Labute approximate surface area is 138 Å². The number of aromatic nitrogens is 2. The Bertz CT molecular complexity index is 846. The molecule has 3 aromatic rings. The molecule has 0 aliphatic rings. The summed E-state index contributed by atoms with van der Waals surface area (Å²) in [5.74, 6) is 0.865. The zero-order valence-corrected chi connectivity index (χ0v) is 13.6. The number of methoxy groups -OCH3 is 1. The van der Waals surface area contributed by atoms with Crippen LogP contribution in [0.15, 0.2) is 47.4 Å². The van der Waals surface area contributed by atoms with Crippen LogP contribution in [0.2, 0.25) is 0 Å². The van der Waals surface area contributed by atoms with Crippen molar-refractivity contribution >= 4 is 26.7 Å².